The third-order valence-corrected chi connectivity index (χ3v) is 8.45. The van der Waals surface area contributed by atoms with Gasteiger partial charge >= 0.3 is 0 Å². The lowest BCUT2D eigenvalue weighted by molar-refractivity contribution is -0.0249. The highest BCUT2D eigenvalue weighted by Gasteiger charge is 2.36. The third-order valence-electron chi connectivity index (χ3n) is 6.26. The zero-order valence-corrected chi connectivity index (χ0v) is 21.7. The molecule has 1 aliphatic heterocycles. The van der Waals surface area contributed by atoms with E-state index in [1.165, 1.54) is 10.4 Å². The summed E-state index contributed by atoms with van der Waals surface area (Å²) in [5, 5.41) is 9.93. The van der Waals surface area contributed by atoms with Gasteiger partial charge in [-0.05, 0) is 53.6 Å². The summed E-state index contributed by atoms with van der Waals surface area (Å²) in [7, 11) is -4.11. The number of morpholine rings is 1. The van der Waals surface area contributed by atoms with Gasteiger partial charge in [0.15, 0.2) is 0 Å². The van der Waals surface area contributed by atoms with E-state index in [9.17, 15) is 18.3 Å². The van der Waals surface area contributed by atoms with Crippen LogP contribution >= 0.6 is 11.6 Å². The molecule has 4 N–H and O–H groups in total. The van der Waals surface area contributed by atoms with Crippen molar-refractivity contribution >= 4 is 38.4 Å². The van der Waals surface area contributed by atoms with Gasteiger partial charge in [0, 0.05) is 35.2 Å². The van der Waals surface area contributed by atoms with Gasteiger partial charge in [0.2, 0.25) is 10.0 Å². The maximum Gasteiger partial charge on any atom is 0.266 e. The summed E-state index contributed by atoms with van der Waals surface area (Å²) in [5.74, 6) is -0.289. The number of aromatic amines is 1. The summed E-state index contributed by atoms with van der Waals surface area (Å²) in [6.07, 6.45) is 1.11. The quantitative estimate of drug-likeness (QED) is 0.302. The summed E-state index contributed by atoms with van der Waals surface area (Å²) in [6.45, 7) is 0.294. The number of hydrogen-bond donors (Lipinski definition) is 3. The van der Waals surface area contributed by atoms with Gasteiger partial charge in [-0.25, -0.2) is 8.42 Å². The molecule has 2 aromatic heterocycles. The molecule has 1 unspecified atom stereocenters. The van der Waals surface area contributed by atoms with Crippen LogP contribution in [0.15, 0.2) is 65.7 Å². The molecule has 198 valence electrons. The molecular weight excluding hydrogens is 532 g/mol. The lowest BCUT2D eigenvalue weighted by Crippen LogP contribution is -2.47. The monoisotopic (exact) mass is 556 g/mol. The number of aliphatic hydroxyl groups excluding tert-OH is 1. The molecule has 1 fully saturated rings. The molecule has 1 amide bonds. The highest BCUT2D eigenvalue weighted by atomic mass is 35.5. The van der Waals surface area contributed by atoms with Crippen molar-refractivity contribution in [2.24, 2.45) is 5.73 Å². The molecule has 1 atom stereocenters. The van der Waals surface area contributed by atoms with Crippen LogP contribution in [0.2, 0.25) is 5.02 Å². The molecule has 38 heavy (non-hydrogen) atoms. The maximum absolute atomic E-state index is 13.7. The number of pyridine rings is 1. The van der Waals surface area contributed by atoms with Gasteiger partial charge in [-0.1, -0.05) is 23.7 Å². The van der Waals surface area contributed by atoms with E-state index in [2.05, 4.69) is 9.97 Å². The minimum atomic E-state index is -4.11. The van der Waals surface area contributed by atoms with E-state index >= 15 is 0 Å². The number of ether oxygens (including phenoxy) is 2. The second-order valence-electron chi connectivity index (χ2n) is 8.77. The molecule has 0 saturated carbocycles. The molecule has 0 bridgehead atoms. The molecule has 3 heterocycles. The van der Waals surface area contributed by atoms with Crippen molar-refractivity contribution in [1.29, 1.82) is 0 Å². The number of nitrogens with two attached hydrogens (primary N) is 1. The number of benzene rings is 2. The van der Waals surface area contributed by atoms with Crippen molar-refractivity contribution < 1.29 is 27.8 Å². The first-order valence-corrected chi connectivity index (χ1v) is 13.6. The Balaban J connectivity index is 1.30. The summed E-state index contributed by atoms with van der Waals surface area (Å²) in [6, 6.07) is 15.7. The minimum absolute atomic E-state index is 0.0345. The summed E-state index contributed by atoms with van der Waals surface area (Å²) < 4.78 is 40.3. The van der Waals surface area contributed by atoms with Crippen LogP contribution in [0, 0.1) is 0 Å². The van der Waals surface area contributed by atoms with Gasteiger partial charge in [-0.3, -0.25) is 9.78 Å². The van der Waals surface area contributed by atoms with E-state index in [4.69, 9.17) is 26.8 Å². The molecule has 1 saturated heterocycles. The fourth-order valence-corrected chi connectivity index (χ4v) is 6.36. The predicted octanol–water partition coefficient (Wildman–Crippen LogP) is 2.94. The molecule has 0 aliphatic carbocycles. The van der Waals surface area contributed by atoms with Crippen LogP contribution in [0.1, 0.15) is 16.2 Å². The number of fused-ring (bicyclic) bond motifs is 1. The molecule has 2 aromatic carbocycles. The number of H-pyrrole nitrogens is 1. The van der Waals surface area contributed by atoms with E-state index < -0.39 is 22.0 Å². The first-order valence-electron chi connectivity index (χ1n) is 11.8. The van der Waals surface area contributed by atoms with Crippen LogP contribution < -0.4 is 10.5 Å². The van der Waals surface area contributed by atoms with Crippen molar-refractivity contribution in [2.45, 2.75) is 17.6 Å². The number of halogens is 1. The molecule has 0 spiro atoms. The second kappa shape index (κ2) is 10.7. The smallest absolute Gasteiger partial charge is 0.266 e. The van der Waals surface area contributed by atoms with E-state index in [0.717, 1.165) is 11.1 Å². The van der Waals surface area contributed by atoms with Crippen LogP contribution in [-0.4, -0.2) is 66.1 Å². The number of rotatable bonds is 8. The van der Waals surface area contributed by atoms with Crippen LogP contribution in [0.25, 0.3) is 22.0 Å². The Morgan fingerprint density at radius 3 is 2.71 bits per heavy atom. The molecule has 10 nitrogen and oxygen atoms in total. The first kappa shape index (κ1) is 26.1. The van der Waals surface area contributed by atoms with Crippen LogP contribution in [0.4, 0.5) is 0 Å². The number of nitrogens with zero attached hydrogens (tertiary/aromatic N) is 2. The lowest BCUT2D eigenvalue weighted by atomic mass is 10.1. The van der Waals surface area contributed by atoms with Gasteiger partial charge in [-0.15, -0.1) is 0 Å². The Morgan fingerprint density at radius 1 is 1.18 bits per heavy atom. The number of sulfonamides is 1. The summed E-state index contributed by atoms with van der Waals surface area (Å²) >= 11 is 6.11. The van der Waals surface area contributed by atoms with Crippen molar-refractivity contribution in [3.8, 4) is 16.9 Å². The molecule has 5 rings (SSSR count). The van der Waals surface area contributed by atoms with Gasteiger partial charge < -0.3 is 25.3 Å². The van der Waals surface area contributed by atoms with Crippen molar-refractivity contribution in [2.75, 3.05) is 26.3 Å². The molecule has 0 radical (unpaired) electrons. The number of amides is 1. The molecule has 4 aromatic rings. The highest BCUT2D eigenvalue weighted by Crippen LogP contribution is 2.32. The number of aliphatic hydroxyl groups is 1. The van der Waals surface area contributed by atoms with Crippen molar-refractivity contribution in [3.05, 3.63) is 77.2 Å². The summed E-state index contributed by atoms with van der Waals surface area (Å²) in [5.41, 5.74) is 8.18. The van der Waals surface area contributed by atoms with Crippen molar-refractivity contribution in [1.82, 2.24) is 14.3 Å². The number of primary amides is 1. The zero-order valence-electron chi connectivity index (χ0n) is 20.1. The lowest BCUT2D eigenvalue weighted by Gasteiger charge is -2.32. The number of hydrogen-bond acceptors (Lipinski definition) is 7. The van der Waals surface area contributed by atoms with Gasteiger partial charge in [0.25, 0.3) is 5.91 Å². The van der Waals surface area contributed by atoms with Gasteiger partial charge in [0.05, 0.1) is 18.9 Å². The Hall–Kier alpha value is -3.48. The highest BCUT2D eigenvalue weighted by molar-refractivity contribution is 7.89. The van der Waals surface area contributed by atoms with E-state index in [1.807, 2.05) is 24.3 Å². The van der Waals surface area contributed by atoms with Crippen LogP contribution in [0.3, 0.4) is 0 Å². The number of carbonyl (C=O) groups excluding carboxylic acids is 1. The molecule has 12 heteroatoms. The van der Waals surface area contributed by atoms with Crippen LogP contribution in [-0.2, 0) is 21.4 Å². The Morgan fingerprint density at radius 2 is 1.97 bits per heavy atom. The second-order valence-corrected chi connectivity index (χ2v) is 11.1. The normalized spacial score (nSPS) is 16.5. The van der Waals surface area contributed by atoms with Crippen LogP contribution in [0.5, 0.6) is 5.75 Å². The standard InChI is InChI=1S/C26H25ClN4O6S/c27-18-3-6-23-22(12-18)25(24(30-23)26(28)33)38(34,35)31-9-10-36-21(13-31)15-37-20-4-1-16(2-5-20)17-7-8-29-19(11-17)14-32/h1-8,11-12,21,30,32H,9-10,13-15H2,(H2,28,33). The van der Waals surface area contributed by atoms with E-state index in [0.29, 0.717) is 27.4 Å². The fourth-order valence-electron chi connectivity index (χ4n) is 4.40. The van der Waals surface area contributed by atoms with Gasteiger partial charge in [0.1, 0.15) is 29.0 Å². The average molecular weight is 557 g/mol. The number of nitrogens with one attached hydrogen (secondary N) is 1. The number of carbonyl (C=O) groups is 1. The van der Waals surface area contributed by atoms with E-state index in [-0.39, 0.29) is 43.5 Å². The topological polar surface area (TPSA) is 148 Å². The number of aromatic nitrogens is 2. The van der Waals surface area contributed by atoms with Crippen molar-refractivity contribution in [3.63, 3.8) is 0 Å². The zero-order chi connectivity index (χ0) is 26.9. The maximum atomic E-state index is 13.7. The minimum Gasteiger partial charge on any atom is -0.491 e. The Kier molecular flexibility index (Phi) is 7.37. The summed E-state index contributed by atoms with van der Waals surface area (Å²) in [4.78, 5) is 18.8. The van der Waals surface area contributed by atoms with Gasteiger partial charge in [-0.2, -0.15) is 4.31 Å². The third kappa shape index (κ3) is 5.24. The Labute approximate surface area is 224 Å². The average Bonchev–Trinajstić information content (AvgIpc) is 3.32. The Bertz CT molecular complexity index is 1590. The molecular formula is C26H25ClN4O6S. The van der Waals surface area contributed by atoms with E-state index in [1.54, 1.807) is 30.5 Å². The first-order chi connectivity index (χ1) is 18.3. The predicted molar refractivity (Wildman–Crippen MR) is 141 cm³/mol. The SMILES string of the molecule is NC(=O)c1[nH]c2ccc(Cl)cc2c1S(=O)(=O)N1CCOC(COc2ccc(-c3ccnc(CO)c3)cc2)C1. The molecule has 1 aliphatic rings. The largest absolute Gasteiger partial charge is 0.491 e. The fraction of sp³-hybridized carbons (Fsp3) is 0.231.